The van der Waals surface area contributed by atoms with Crippen molar-refractivity contribution in [3.05, 3.63) is 54.2 Å². The Morgan fingerprint density at radius 2 is 1.89 bits per heavy atom. The molecule has 5 heteroatoms. The van der Waals surface area contributed by atoms with Crippen molar-refractivity contribution >= 4 is 16.8 Å². The van der Waals surface area contributed by atoms with Crippen molar-refractivity contribution in [2.75, 3.05) is 7.11 Å². The van der Waals surface area contributed by atoms with Crippen LogP contribution in [0.1, 0.15) is 45.1 Å². The first-order chi connectivity index (χ1) is 13.7. The minimum absolute atomic E-state index is 0.118. The van der Waals surface area contributed by atoms with Crippen molar-refractivity contribution in [2.45, 2.75) is 46.1 Å². The van der Waals surface area contributed by atoms with Crippen LogP contribution in [0.15, 0.2) is 48.7 Å². The van der Waals surface area contributed by atoms with Crippen molar-refractivity contribution in [2.24, 2.45) is 5.92 Å². The van der Waals surface area contributed by atoms with Crippen LogP contribution in [-0.4, -0.2) is 22.8 Å². The number of nitrogens with one attached hydrogen (secondary N) is 1. The summed E-state index contributed by atoms with van der Waals surface area (Å²) < 4.78 is 7.34. The molecule has 0 fully saturated rings. The van der Waals surface area contributed by atoms with Crippen molar-refractivity contribution < 1.29 is 9.53 Å². The molecule has 5 nitrogen and oxygen atoms in total. The van der Waals surface area contributed by atoms with Gasteiger partial charge in [0.15, 0.2) is 0 Å². The van der Waals surface area contributed by atoms with Crippen LogP contribution in [-0.2, 0) is 11.3 Å². The fourth-order valence-corrected chi connectivity index (χ4v) is 3.63. The molecule has 1 heterocycles. The Balaban J connectivity index is 1.76. The summed E-state index contributed by atoms with van der Waals surface area (Å²) in [7, 11) is 1.66. The number of para-hydroxylation sites is 2. The summed E-state index contributed by atoms with van der Waals surface area (Å²) in [6.07, 6.45) is 5.82. The van der Waals surface area contributed by atoms with Gasteiger partial charge in [0.05, 0.1) is 18.8 Å². The second-order valence-electron chi connectivity index (χ2n) is 7.11. The van der Waals surface area contributed by atoms with E-state index in [0.29, 0.717) is 6.54 Å². The maximum Gasteiger partial charge on any atom is 0.223 e. The first-order valence-corrected chi connectivity index (χ1v) is 10.1. The molecule has 0 spiro atoms. The van der Waals surface area contributed by atoms with Crippen LogP contribution in [0.4, 0.5) is 0 Å². The minimum atomic E-state index is 0.118. The molecule has 0 radical (unpaired) electrons. The highest BCUT2D eigenvalue weighted by Crippen LogP contribution is 2.26. The zero-order valence-corrected chi connectivity index (χ0v) is 16.9. The molecule has 0 atom stereocenters. The van der Waals surface area contributed by atoms with Gasteiger partial charge in [-0.15, -0.1) is 0 Å². The second-order valence-corrected chi connectivity index (χ2v) is 7.11. The summed E-state index contributed by atoms with van der Waals surface area (Å²) in [5, 5.41) is 8.68. The Kier molecular flexibility index (Phi) is 6.69. The Morgan fingerprint density at radius 1 is 1.14 bits per heavy atom. The largest absolute Gasteiger partial charge is 0.494 e. The molecule has 0 aliphatic heterocycles. The summed E-state index contributed by atoms with van der Waals surface area (Å²) in [6, 6.07) is 14.0. The van der Waals surface area contributed by atoms with E-state index in [4.69, 9.17) is 4.74 Å². The molecule has 148 valence electrons. The number of amides is 1. The number of ether oxygens (including phenoxy) is 1. The molecule has 3 rings (SSSR count). The van der Waals surface area contributed by atoms with Crippen LogP contribution in [0.5, 0.6) is 5.75 Å². The fraction of sp³-hybridized carbons (Fsp3) is 0.391. The lowest BCUT2D eigenvalue weighted by molar-refractivity contribution is -0.125. The highest BCUT2D eigenvalue weighted by atomic mass is 16.5. The van der Waals surface area contributed by atoms with Gasteiger partial charge in [-0.1, -0.05) is 44.9 Å². The number of carbonyl (C=O) groups excluding carboxylic acids is 1. The quantitative estimate of drug-likeness (QED) is 0.577. The molecular weight excluding hydrogens is 350 g/mol. The summed E-state index contributed by atoms with van der Waals surface area (Å²) in [4.78, 5) is 12.5. The monoisotopic (exact) mass is 379 g/mol. The van der Waals surface area contributed by atoms with Gasteiger partial charge in [-0.2, -0.15) is 5.10 Å². The van der Waals surface area contributed by atoms with Crippen LogP contribution >= 0.6 is 0 Å². The normalized spacial score (nSPS) is 11.1. The van der Waals surface area contributed by atoms with Crippen LogP contribution in [0, 0.1) is 5.92 Å². The molecule has 0 aliphatic rings. The first-order valence-electron chi connectivity index (χ1n) is 10.1. The van der Waals surface area contributed by atoms with E-state index in [1.165, 1.54) is 0 Å². The van der Waals surface area contributed by atoms with Gasteiger partial charge in [0.25, 0.3) is 0 Å². The van der Waals surface area contributed by atoms with Crippen molar-refractivity contribution in [3.8, 4) is 11.4 Å². The van der Waals surface area contributed by atoms with E-state index in [0.717, 1.165) is 53.6 Å². The smallest absolute Gasteiger partial charge is 0.223 e. The van der Waals surface area contributed by atoms with Crippen molar-refractivity contribution in [1.82, 2.24) is 15.1 Å². The highest BCUT2D eigenvalue weighted by molar-refractivity contribution is 5.82. The molecule has 0 saturated heterocycles. The average molecular weight is 380 g/mol. The standard InChI is InChI=1S/C23H29N3O2/c1-4-8-18(9-5-2)23(27)24-15-17-12-13-20-19(14-17)16-25-26(20)21-10-6-7-11-22(21)28-3/h6-7,10-14,16,18H,4-5,8-9,15H2,1-3H3,(H,24,27). The van der Waals surface area contributed by atoms with Gasteiger partial charge < -0.3 is 10.1 Å². The van der Waals surface area contributed by atoms with E-state index >= 15 is 0 Å². The number of hydrogen-bond acceptors (Lipinski definition) is 3. The Hall–Kier alpha value is -2.82. The van der Waals surface area contributed by atoms with Crippen LogP contribution < -0.4 is 10.1 Å². The summed E-state index contributed by atoms with van der Waals surface area (Å²) in [5.74, 6) is 1.06. The van der Waals surface area contributed by atoms with Crippen LogP contribution in [0.2, 0.25) is 0 Å². The third-order valence-corrected chi connectivity index (χ3v) is 5.06. The van der Waals surface area contributed by atoms with E-state index in [9.17, 15) is 4.79 Å². The Morgan fingerprint density at radius 3 is 2.61 bits per heavy atom. The predicted octanol–water partition coefficient (Wildman–Crippen LogP) is 4.87. The maximum atomic E-state index is 12.5. The molecule has 3 aromatic rings. The lowest BCUT2D eigenvalue weighted by Gasteiger charge is -2.15. The number of nitrogens with zero attached hydrogens (tertiary/aromatic N) is 2. The van der Waals surface area contributed by atoms with Gasteiger partial charge in [-0.25, -0.2) is 4.68 Å². The molecule has 1 N–H and O–H groups in total. The van der Waals surface area contributed by atoms with Gasteiger partial charge >= 0.3 is 0 Å². The SMILES string of the molecule is CCCC(CCC)C(=O)NCc1ccc2c(cnn2-c2ccccc2OC)c1. The summed E-state index contributed by atoms with van der Waals surface area (Å²) in [5.41, 5.74) is 2.99. The van der Waals surface area contributed by atoms with Gasteiger partial charge in [-0.3, -0.25) is 4.79 Å². The lowest BCUT2D eigenvalue weighted by atomic mass is 9.97. The highest BCUT2D eigenvalue weighted by Gasteiger charge is 2.16. The first kappa shape index (κ1) is 19.9. The summed E-state index contributed by atoms with van der Waals surface area (Å²) >= 11 is 0. The number of hydrogen-bond donors (Lipinski definition) is 1. The average Bonchev–Trinajstić information content (AvgIpc) is 3.14. The van der Waals surface area contributed by atoms with Crippen molar-refractivity contribution in [3.63, 3.8) is 0 Å². The zero-order valence-electron chi connectivity index (χ0n) is 16.9. The molecule has 0 aliphatic carbocycles. The molecule has 0 bridgehead atoms. The number of rotatable bonds is 9. The molecular formula is C23H29N3O2. The number of aromatic nitrogens is 2. The van der Waals surface area contributed by atoms with E-state index in [-0.39, 0.29) is 11.8 Å². The predicted molar refractivity (Wildman–Crippen MR) is 113 cm³/mol. The topological polar surface area (TPSA) is 56.2 Å². The van der Waals surface area contributed by atoms with Gasteiger partial charge in [0, 0.05) is 17.8 Å². The van der Waals surface area contributed by atoms with Gasteiger partial charge in [0.1, 0.15) is 11.4 Å². The van der Waals surface area contributed by atoms with Gasteiger partial charge in [0.2, 0.25) is 5.91 Å². The number of carbonyl (C=O) groups is 1. The summed E-state index contributed by atoms with van der Waals surface area (Å²) in [6.45, 7) is 4.80. The molecule has 1 amide bonds. The van der Waals surface area contributed by atoms with E-state index in [2.05, 4.69) is 30.3 Å². The van der Waals surface area contributed by atoms with E-state index in [1.807, 2.05) is 47.3 Å². The lowest BCUT2D eigenvalue weighted by Crippen LogP contribution is -2.30. The molecule has 0 unspecified atom stereocenters. The maximum absolute atomic E-state index is 12.5. The number of benzene rings is 2. The van der Waals surface area contributed by atoms with E-state index < -0.39 is 0 Å². The zero-order chi connectivity index (χ0) is 19.9. The van der Waals surface area contributed by atoms with Crippen LogP contribution in [0.3, 0.4) is 0 Å². The Labute approximate surface area is 166 Å². The minimum Gasteiger partial charge on any atom is -0.494 e. The Bertz CT molecular complexity index is 926. The molecule has 0 saturated carbocycles. The third kappa shape index (κ3) is 4.35. The second kappa shape index (κ2) is 9.40. The van der Waals surface area contributed by atoms with Gasteiger partial charge in [-0.05, 0) is 42.7 Å². The molecule has 28 heavy (non-hydrogen) atoms. The van der Waals surface area contributed by atoms with Crippen molar-refractivity contribution in [1.29, 1.82) is 0 Å². The third-order valence-electron chi connectivity index (χ3n) is 5.06. The van der Waals surface area contributed by atoms with E-state index in [1.54, 1.807) is 7.11 Å². The molecule has 2 aromatic carbocycles. The number of fused-ring (bicyclic) bond motifs is 1. The molecule has 1 aromatic heterocycles. The number of methoxy groups -OCH3 is 1. The fourth-order valence-electron chi connectivity index (χ4n) is 3.63. The van der Waals surface area contributed by atoms with Crippen LogP contribution in [0.25, 0.3) is 16.6 Å².